The van der Waals surface area contributed by atoms with Gasteiger partial charge in [0.15, 0.2) is 0 Å². The lowest BCUT2D eigenvalue weighted by molar-refractivity contribution is -0.385. The van der Waals surface area contributed by atoms with Gasteiger partial charge < -0.3 is 9.29 Å². The first-order valence-electron chi connectivity index (χ1n) is 7.01. The molecule has 0 aromatic heterocycles. The van der Waals surface area contributed by atoms with Crippen molar-refractivity contribution in [2.24, 2.45) is 0 Å². The van der Waals surface area contributed by atoms with Gasteiger partial charge in [-0.3, -0.25) is 14.9 Å². The highest BCUT2D eigenvalue weighted by Crippen LogP contribution is 2.31. The van der Waals surface area contributed by atoms with Gasteiger partial charge in [0.1, 0.15) is 4.75 Å². The molecule has 7 nitrogen and oxygen atoms in total. The van der Waals surface area contributed by atoms with Gasteiger partial charge in [0.2, 0.25) is 0 Å². The maximum atomic E-state index is 12.5. The molecule has 1 rings (SSSR count). The highest BCUT2D eigenvalue weighted by Gasteiger charge is 2.39. The average Bonchev–Trinajstić information content (AvgIpc) is 2.46. The molecule has 0 unspecified atom stereocenters. The molecule has 0 aliphatic carbocycles. The number of nitrogens with one attached hydrogen (secondary N) is 1. The molecule has 1 aromatic rings. The number of ether oxygens (including phenoxy) is 1. The van der Waals surface area contributed by atoms with Crippen molar-refractivity contribution in [1.29, 1.82) is 0 Å². The molecule has 23 heavy (non-hydrogen) atoms. The number of carbonyl (C=O) groups is 1. The van der Waals surface area contributed by atoms with Crippen LogP contribution >= 0.6 is 0 Å². The number of esters is 1. The van der Waals surface area contributed by atoms with E-state index in [4.69, 9.17) is 4.74 Å². The average molecular weight is 342 g/mol. The van der Waals surface area contributed by atoms with Crippen molar-refractivity contribution in [3.05, 3.63) is 39.9 Å². The Morgan fingerprint density at radius 2 is 1.96 bits per heavy atom. The van der Waals surface area contributed by atoms with Crippen LogP contribution in [0.4, 0.5) is 5.69 Å². The first-order chi connectivity index (χ1) is 10.5. The summed E-state index contributed by atoms with van der Waals surface area (Å²) >= 11 is -1.47. The molecule has 2 atom stereocenters. The van der Waals surface area contributed by atoms with E-state index in [1.165, 1.54) is 25.3 Å². The molecule has 1 aromatic carbocycles. The Morgan fingerprint density at radius 1 is 1.35 bits per heavy atom. The van der Waals surface area contributed by atoms with E-state index in [1.807, 2.05) is 0 Å². The van der Waals surface area contributed by atoms with Gasteiger partial charge in [0.25, 0.3) is 5.69 Å². The van der Waals surface area contributed by atoms with Gasteiger partial charge in [0, 0.05) is 23.5 Å². The normalized spacial score (nSPS) is 15.6. The Morgan fingerprint density at radius 3 is 2.43 bits per heavy atom. The van der Waals surface area contributed by atoms with Crippen LogP contribution in [0.1, 0.15) is 39.7 Å². The number of non-ortho nitro benzene ring substituents is 1. The first kappa shape index (κ1) is 19.4. The topological polar surface area (TPSA) is 105 Å². The van der Waals surface area contributed by atoms with Crippen molar-refractivity contribution < 1.29 is 19.0 Å². The monoisotopic (exact) mass is 342 g/mol. The third-order valence-electron chi connectivity index (χ3n) is 3.29. The summed E-state index contributed by atoms with van der Waals surface area (Å²) in [5.41, 5.74) is -0.659. The smallest absolute Gasteiger partial charge is 0.307 e. The van der Waals surface area contributed by atoms with Crippen molar-refractivity contribution in [2.75, 3.05) is 7.11 Å². The summed E-state index contributed by atoms with van der Waals surface area (Å²) in [6, 6.07) is 5.92. The largest absolute Gasteiger partial charge is 0.598 e. The molecular formula is C15H22N2O5S. The summed E-state index contributed by atoms with van der Waals surface area (Å²) in [4.78, 5) is 22.2. The predicted octanol–water partition coefficient (Wildman–Crippen LogP) is 2.42. The third-order valence-corrected chi connectivity index (χ3v) is 5.04. The van der Waals surface area contributed by atoms with E-state index in [2.05, 4.69) is 4.72 Å². The minimum atomic E-state index is -1.47. The molecule has 0 amide bonds. The molecule has 0 bridgehead atoms. The lowest BCUT2D eigenvalue weighted by atomic mass is 9.89. The zero-order chi connectivity index (χ0) is 17.8. The minimum Gasteiger partial charge on any atom is -0.598 e. The fourth-order valence-corrected chi connectivity index (χ4v) is 2.78. The number of hydrogen-bond donors (Lipinski definition) is 1. The molecule has 8 heteroatoms. The number of nitro benzene ring substituents is 1. The predicted molar refractivity (Wildman–Crippen MR) is 88.1 cm³/mol. The van der Waals surface area contributed by atoms with Gasteiger partial charge in [-0.1, -0.05) is 12.1 Å². The van der Waals surface area contributed by atoms with Crippen LogP contribution in [0.15, 0.2) is 24.3 Å². The van der Waals surface area contributed by atoms with E-state index in [9.17, 15) is 19.5 Å². The third kappa shape index (κ3) is 5.19. The summed E-state index contributed by atoms with van der Waals surface area (Å²) in [5.74, 6) is -0.502. The van der Waals surface area contributed by atoms with Crippen LogP contribution in [-0.2, 0) is 26.4 Å². The van der Waals surface area contributed by atoms with Crippen LogP contribution in [-0.4, -0.2) is 27.3 Å². The molecule has 1 N–H and O–H groups in total. The second-order valence-corrected chi connectivity index (χ2v) is 8.34. The van der Waals surface area contributed by atoms with E-state index in [1.54, 1.807) is 33.8 Å². The number of hydrogen-bond acceptors (Lipinski definition) is 6. The highest BCUT2D eigenvalue weighted by molar-refractivity contribution is 7.90. The van der Waals surface area contributed by atoms with Crippen molar-refractivity contribution in [3.8, 4) is 0 Å². The van der Waals surface area contributed by atoms with Crippen molar-refractivity contribution in [3.63, 3.8) is 0 Å². The van der Waals surface area contributed by atoms with Crippen LogP contribution in [0, 0.1) is 10.1 Å². The van der Waals surface area contributed by atoms with Crippen molar-refractivity contribution in [2.45, 2.75) is 44.4 Å². The molecule has 0 aliphatic rings. The zero-order valence-corrected chi connectivity index (χ0v) is 14.7. The number of nitro groups is 1. The minimum absolute atomic E-state index is 0.0954. The van der Waals surface area contributed by atoms with E-state index in [-0.39, 0.29) is 12.1 Å². The van der Waals surface area contributed by atoms with Crippen LogP contribution in [0.2, 0.25) is 0 Å². The second kappa shape index (κ2) is 7.29. The molecule has 0 spiro atoms. The molecule has 0 saturated heterocycles. The second-order valence-electron chi connectivity index (χ2n) is 6.38. The number of rotatable bonds is 6. The van der Waals surface area contributed by atoms with Crippen LogP contribution in [0.3, 0.4) is 0 Å². The Labute approximate surface area is 138 Å². The number of methoxy groups -OCH3 is 1. The van der Waals surface area contributed by atoms with Gasteiger partial charge in [-0.05, 0) is 33.3 Å². The fraction of sp³-hybridized carbons (Fsp3) is 0.533. The SMILES string of the molecule is COC(=O)C[C@](C)(N[S@+]([O-])C(C)(C)C)c1cccc([N+](=O)[O-])c1. The van der Waals surface area contributed by atoms with Crippen LogP contribution in [0.25, 0.3) is 0 Å². The van der Waals surface area contributed by atoms with Crippen LogP contribution in [0.5, 0.6) is 0 Å². The van der Waals surface area contributed by atoms with E-state index >= 15 is 0 Å². The lowest BCUT2D eigenvalue weighted by Crippen LogP contribution is -2.50. The quantitative estimate of drug-likeness (QED) is 0.368. The number of carbonyl (C=O) groups excluding carboxylic acids is 1. The maximum Gasteiger partial charge on any atom is 0.307 e. The summed E-state index contributed by atoms with van der Waals surface area (Å²) in [5, 5.41) is 11.0. The van der Waals surface area contributed by atoms with E-state index in [0.717, 1.165) is 0 Å². The first-order valence-corrected chi connectivity index (χ1v) is 8.16. The number of nitrogens with zero attached hydrogens (tertiary/aromatic N) is 1. The molecule has 0 radical (unpaired) electrons. The number of benzene rings is 1. The standard InChI is InChI=1S/C15H22N2O5S/c1-14(2,3)23(21)16-15(4,10-13(18)22-5)11-7-6-8-12(9-11)17(19)20/h6-9,16H,10H2,1-5H3/t15-,23+/m0/s1. The Bertz CT molecular complexity index is 587. The Kier molecular flexibility index (Phi) is 6.15. The molecule has 0 aliphatic heterocycles. The van der Waals surface area contributed by atoms with Gasteiger partial charge in [-0.2, -0.15) is 0 Å². The maximum absolute atomic E-state index is 12.5. The van der Waals surface area contributed by atoms with Crippen LogP contribution < -0.4 is 4.72 Å². The summed E-state index contributed by atoms with van der Waals surface area (Å²) in [6.07, 6.45) is -0.105. The summed E-state index contributed by atoms with van der Waals surface area (Å²) in [6.45, 7) is 7.05. The Balaban J connectivity index is 3.25. The van der Waals surface area contributed by atoms with Gasteiger partial charge in [0.05, 0.1) is 24.0 Å². The molecule has 0 heterocycles. The molecule has 0 fully saturated rings. The lowest BCUT2D eigenvalue weighted by Gasteiger charge is -2.34. The van der Waals surface area contributed by atoms with E-state index in [0.29, 0.717) is 5.56 Å². The van der Waals surface area contributed by atoms with Crippen molar-refractivity contribution >= 4 is 23.0 Å². The summed E-state index contributed by atoms with van der Waals surface area (Å²) in [7, 11) is 1.26. The highest BCUT2D eigenvalue weighted by atomic mass is 32.2. The van der Waals surface area contributed by atoms with E-state index < -0.39 is 32.5 Å². The van der Waals surface area contributed by atoms with Gasteiger partial charge in [-0.15, -0.1) is 4.72 Å². The van der Waals surface area contributed by atoms with Gasteiger partial charge >= 0.3 is 5.97 Å². The fourth-order valence-electron chi connectivity index (χ4n) is 1.88. The summed E-state index contributed by atoms with van der Waals surface area (Å²) < 4.78 is 19.5. The zero-order valence-electron chi connectivity index (χ0n) is 13.9. The molecule has 128 valence electrons. The Hall–Kier alpha value is -1.64. The van der Waals surface area contributed by atoms with Crippen molar-refractivity contribution in [1.82, 2.24) is 4.72 Å². The molecular weight excluding hydrogens is 320 g/mol. The van der Waals surface area contributed by atoms with Gasteiger partial charge in [-0.25, -0.2) is 0 Å². The molecule has 0 saturated carbocycles.